The molecule has 0 spiro atoms. The van der Waals surface area contributed by atoms with Gasteiger partial charge in [0.2, 0.25) is 5.91 Å². The molecule has 0 unspecified atom stereocenters. The standard InChI is InChI=1S/C18H18ClN3OS2/c1-13-16(18(19)21(2)20-13)7-8-17(23)22(11-14-5-3-9-24-14)12-15-6-4-10-25-15/h3-10H,11-12H2,1-2H3/b8-7+. The molecule has 130 valence electrons. The maximum Gasteiger partial charge on any atom is 0.247 e. The summed E-state index contributed by atoms with van der Waals surface area (Å²) in [4.78, 5) is 16.9. The minimum absolute atomic E-state index is 0.0406. The topological polar surface area (TPSA) is 38.1 Å². The molecular weight excluding hydrogens is 374 g/mol. The summed E-state index contributed by atoms with van der Waals surface area (Å²) in [6.07, 6.45) is 3.33. The number of nitrogens with zero attached hydrogens (tertiary/aromatic N) is 3. The number of hydrogen-bond donors (Lipinski definition) is 0. The van der Waals surface area contributed by atoms with Gasteiger partial charge in [0.15, 0.2) is 0 Å². The van der Waals surface area contributed by atoms with Gasteiger partial charge in [-0.15, -0.1) is 22.7 Å². The number of aryl methyl sites for hydroxylation is 2. The second kappa shape index (κ2) is 7.99. The lowest BCUT2D eigenvalue weighted by Gasteiger charge is -2.19. The minimum Gasteiger partial charge on any atom is -0.329 e. The van der Waals surface area contributed by atoms with Crippen LogP contribution >= 0.6 is 34.3 Å². The van der Waals surface area contributed by atoms with Crippen LogP contribution in [0.5, 0.6) is 0 Å². The van der Waals surface area contributed by atoms with E-state index in [1.54, 1.807) is 46.6 Å². The van der Waals surface area contributed by atoms with Crippen LogP contribution in [0.1, 0.15) is 21.0 Å². The van der Waals surface area contributed by atoms with Crippen LogP contribution in [0.25, 0.3) is 6.08 Å². The van der Waals surface area contributed by atoms with Gasteiger partial charge >= 0.3 is 0 Å². The van der Waals surface area contributed by atoms with Gasteiger partial charge < -0.3 is 4.90 Å². The maximum atomic E-state index is 12.8. The lowest BCUT2D eigenvalue weighted by Crippen LogP contribution is -2.27. The largest absolute Gasteiger partial charge is 0.329 e. The van der Waals surface area contributed by atoms with Crippen molar-refractivity contribution in [3.05, 3.63) is 67.3 Å². The number of carbonyl (C=O) groups excluding carboxylic acids is 1. The molecule has 0 aliphatic rings. The van der Waals surface area contributed by atoms with E-state index >= 15 is 0 Å². The number of rotatable bonds is 6. The molecule has 0 radical (unpaired) electrons. The summed E-state index contributed by atoms with van der Waals surface area (Å²) in [6.45, 7) is 3.07. The Bertz CT molecular complexity index is 830. The van der Waals surface area contributed by atoms with Crippen LogP contribution in [0.15, 0.2) is 41.1 Å². The van der Waals surface area contributed by atoms with Gasteiger partial charge in [-0.25, -0.2) is 0 Å². The number of halogens is 1. The molecule has 0 aliphatic carbocycles. The maximum absolute atomic E-state index is 12.8. The first-order valence-corrected chi connectivity index (χ1v) is 9.89. The van der Waals surface area contributed by atoms with Crippen LogP contribution in [0.4, 0.5) is 0 Å². The Morgan fingerprint density at radius 1 is 1.24 bits per heavy atom. The highest BCUT2D eigenvalue weighted by atomic mass is 35.5. The normalized spacial score (nSPS) is 11.3. The summed E-state index contributed by atoms with van der Waals surface area (Å²) in [5, 5.41) is 8.85. The Hall–Kier alpha value is -1.89. The number of thiophene rings is 2. The van der Waals surface area contributed by atoms with Crippen molar-refractivity contribution >= 4 is 46.3 Å². The van der Waals surface area contributed by atoms with Crippen LogP contribution < -0.4 is 0 Å². The Labute approximate surface area is 160 Å². The fraction of sp³-hybridized carbons (Fsp3) is 0.222. The summed E-state index contributed by atoms with van der Waals surface area (Å²) < 4.78 is 1.61. The molecule has 7 heteroatoms. The Morgan fingerprint density at radius 3 is 2.28 bits per heavy atom. The Balaban J connectivity index is 1.79. The van der Waals surface area contributed by atoms with Crippen LogP contribution in [0.2, 0.25) is 5.15 Å². The van der Waals surface area contributed by atoms with Crippen LogP contribution in [-0.2, 0) is 24.9 Å². The summed E-state index contributed by atoms with van der Waals surface area (Å²) in [5.41, 5.74) is 1.59. The van der Waals surface area contributed by atoms with E-state index in [0.717, 1.165) is 21.0 Å². The zero-order valence-corrected chi connectivity index (χ0v) is 16.4. The van der Waals surface area contributed by atoms with Gasteiger partial charge in [0.25, 0.3) is 0 Å². The first-order chi connectivity index (χ1) is 12.0. The third-order valence-corrected chi connectivity index (χ3v) is 5.92. The Morgan fingerprint density at radius 2 is 1.84 bits per heavy atom. The van der Waals surface area contributed by atoms with Crippen LogP contribution in [-0.4, -0.2) is 20.6 Å². The minimum atomic E-state index is -0.0406. The molecule has 0 aliphatic heterocycles. The smallest absolute Gasteiger partial charge is 0.247 e. The van der Waals surface area contributed by atoms with Gasteiger partial charge in [-0.1, -0.05) is 23.7 Å². The summed E-state index contributed by atoms with van der Waals surface area (Å²) in [7, 11) is 1.79. The van der Waals surface area contributed by atoms with E-state index in [1.807, 2.05) is 46.8 Å². The van der Waals surface area contributed by atoms with E-state index < -0.39 is 0 Å². The molecule has 0 N–H and O–H groups in total. The molecule has 0 aromatic carbocycles. The zero-order chi connectivity index (χ0) is 17.8. The molecule has 0 saturated heterocycles. The Kier molecular flexibility index (Phi) is 5.73. The third kappa shape index (κ3) is 4.39. The van der Waals surface area contributed by atoms with Crippen molar-refractivity contribution in [3.8, 4) is 0 Å². The monoisotopic (exact) mass is 391 g/mol. The summed E-state index contributed by atoms with van der Waals surface area (Å²) in [5.74, 6) is -0.0406. The van der Waals surface area contributed by atoms with Crippen LogP contribution in [0, 0.1) is 6.92 Å². The van der Waals surface area contributed by atoms with E-state index in [-0.39, 0.29) is 5.91 Å². The average molecular weight is 392 g/mol. The van der Waals surface area contributed by atoms with Crippen molar-refractivity contribution in [1.29, 1.82) is 0 Å². The molecule has 0 atom stereocenters. The SMILES string of the molecule is Cc1nn(C)c(Cl)c1/C=C/C(=O)N(Cc1cccs1)Cc1cccs1. The van der Waals surface area contributed by atoms with E-state index in [4.69, 9.17) is 11.6 Å². The second-order valence-electron chi connectivity index (χ2n) is 5.60. The number of aromatic nitrogens is 2. The fourth-order valence-electron chi connectivity index (χ4n) is 2.49. The molecule has 3 heterocycles. The number of amides is 1. The predicted molar refractivity (Wildman–Crippen MR) is 105 cm³/mol. The van der Waals surface area contributed by atoms with Gasteiger partial charge in [0.1, 0.15) is 5.15 Å². The van der Waals surface area contributed by atoms with Crippen molar-refractivity contribution < 1.29 is 4.79 Å². The predicted octanol–water partition coefficient (Wildman–Crippen LogP) is 4.75. The van der Waals surface area contributed by atoms with Crippen molar-refractivity contribution in [3.63, 3.8) is 0 Å². The quantitative estimate of drug-likeness (QED) is 0.569. The fourth-order valence-corrected chi connectivity index (χ4v) is 4.17. The first-order valence-electron chi connectivity index (χ1n) is 7.75. The van der Waals surface area contributed by atoms with E-state index in [9.17, 15) is 4.79 Å². The zero-order valence-electron chi connectivity index (χ0n) is 14.0. The molecule has 4 nitrogen and oxygen atoms in total. The molecule has 0 fully saturated rings. The van der Waals surface area contributed by atoms with E-state index in [0.29, 0.717) is 18.2 Å². The summed E-state index contributed by atoms with van der Waals surface area (Å²) in [6, 6.07) is 8.10. The van der Waals surface area contributed by atoms with Gasteiger partial charge in [0.05, 0.1) is 18.8 Å². The molecule has 25 heavy (non-hydrogen) atoms. The molecule has 1 amide bonds. The number of hydrogen-bond acceptors (Lipinski definition) is 4. The molecule has 0 saturated carbocycles. The molecule has 3 aromatic heterocycles. The van der Waals surface area contributed by atoms with Crippen LogP contribution in [0.3, 0.4) is 0 Å². The lowest BCUT2D eigenvalue weighted by molar-refractivity contribution is -0.127. The van der Waals surface area contributed by atoms with Crippen molar-refractivity contribution in [2.24, 2.45) is 7.05 Å². The third-order valence-electron chi connectivity index (χ3n) is 3.75. The molecule has 3 rings (SSSR count). The van der Waals surface area contributed by atoms with Gasteiger partial charge in [-0.2, -0.15) is 5.10 Å². The van der Waals surface area contributed by atoms with Crippen molar-refractivity contribution in [2.75, 3.05) is 0 Å². The average Bonchev–Trinajstić information content (AvgIpc) is 3.31. The van der Waals surface area contributed by atoms with Gasteiger partial charge in [-0.05, 0) is 35.9 Å². The van der Waals surface area contributed by atoms with E-state index in [1.165, 1.54) is 0 Å². The second-order valence-corrected chi connectivity index (χ2v) is 8.02. The molecule has 3 aromatic rings. The highest BCUT2D eigenvalue weighted by Crippen LogP contribution is 2.21. The van der Waals surface area contributed by atoms with Gasteiger partial charge in [0, 0.05) is 28.4 Å². The highest BCUT2D eigenvalue weighted by Gasteiger charge is 2.15. The first kappa shape index (κ1) is 17.9. The van der Waals surface area contributed by atoms with Gasteiger partial charge in [-0.3, -0.25) is 9.48 Å². The van der Waals surface area contributed by atoms with Crippen molar-refractivity contribution in [1.82, 2.24) is 14.7 Å². The molecule has 0 bridgehead atoms. The summed E-state index contributed by atoms with van der Waals surface area (Å²) >= 11 is 9.54. The molecular formula is C18H18ClN3OS2. The van der Waals surface area contributed by atoms with E-state index in [2.05, 4.69) is 5.10 Å². The lowest BCUT2D eigenvalue weighted by atomic mass is 10.2. The van der Waals surface area contributed by atoms with Crippen molar-refractivity contribution in [2.45, 2.75) is 20.0 Å². The highest BCUT2D eigenvalue weighted by molar-refractivity contribution is 7.10. The number of carbonyl (C=O) groups is 1.